The predicted molar refractivity (Wildman–Crippen MR) is 100.0 cm³/mol. The average Bonchev–Trinajstić information content (AvgIpc) is 3.38. The number of hydrogen-bond acceptors (Lipinski definition) is 3. The van der Waals surface area contributed by atoms with Gasteiger partial charge in [-0.25, -0.2) is 18.1 Å². The molecule has 4 rings (SSSR count). The summed E-state index contributed by atoms with van der Waals surface area (Å²) in [5, 5.41) is 9.77. The Balaban J connectivity index is 1.66. The fraction of sp³-hybridized carbons (Fsp3) is 0.0500. The SMILES string of the molecule is O=C(Nc1ccc(-n2cccn2)c(F)c1)c1cnn(-c2ccc(F)cc2)c1C(F)(F)F. The van der Waals surface area contributed by atoms with Crippen LogP contribution >= 0.6 is 0 Å². The highest BCUT2D eigenvalue weighted by Crippen LogP contribution is 2.34. The number of benzene rings is 2. The summed E-state index contributed by atoms with van der Waals surface area (Å²) in [7, 11) is 0. The molecule has 0 radical (unpaired) electrons. The molecule has 2 aromatic heterocycles. The zero-order valence-electron chi connectivity index (χ0n) is 15.4. The first-order valence-electron chi connectivity index (χ1n) is 8.76. The Labute approximate surface area is 171 Å². The molecule has 0 bridgehead atoms. The summed E-state index contributed by atoms with van der Waals surface area (Å²) in [6, 6.07) is 9.35. The third-order valence-electron chi connectivity index (χ3n) is 4.31. The molecule has 0 aliphatic carbocycles. The number of anilines is 1. The fourth-order valence-electron chi connectivity index (χ4n) is 2.95. The van der Waals surface area contributed by atoms with E-state index in [4.69, 9.17) is 0 Å². The average molecular weight is 433 g/mol. The second-order valence-electron chi connectivity index (χ2n) is 6.36. The number of halogens is 5. The Hall–Kier alpha value is -4.02. The summed E-state index contributed by atoms with van der Waals surface area (Å²) in [4.78, 5) is 12.5. The van der Waals surface area contributed by atoms with Gasteiger partial charge in [-0.05, 0) is 48.5 Å². The van der Waals surface area contributed by atoms with Gasteiger partial charge >= 0.3 is 6.18 Å². The van der Waals surface area contributed by atoms with Gasteiger partial charge in [-0.3, -0.25) is 4.79 Å². The van der Waals surface area contributed by atoms with Gasteiger partial charge in [0.05, 0.1) is 17.4 Å². The molecule has 4 aromatic rings. The van der Waals surface area contributed by atoms with Crippen molar-refractivity contribution in [3.8, 4) is 11.4 Å². The maximum absolute atomic E-state index is 14.4. The first-order valence-corrected chi connectivity index (χ1v) is 8.76. The molecule has 0 atom stereocenters. The lowest BCUT2D eigenvalue weighted by Gasteiger charge is -2.13. The maximum atomic E-state index is 14.4. The predicted octanol–water partition coefficient (Wildman–Crippen LogP) is 4.61. The van der Waals surface area contributed by atoms with E-state index in [-0.39, 0.29) is 17.1 Å². The van der Waals surface area contributed by atoms with E-state index in [0.717, 1.165) is 36.5 Å². The van der Waals surface area contributed by atoms with Crippen molar-refractivity contribution < 1.29 is 26.7 Å². The van der Waals surface area contributed by atoms with Crippen molar-refractivity contribution in [3.63, 3.8) is 0 Å². The minimum atomic E-state index is -4.94. The Morgan fingerprint density at radius 3 is 2.35 bits per heavy atom. The highest BCUT2D eigenvalue weighted by Gasteiger charge is 2.40. The molecular formula is C20H12F5N5O. The zero-order chi connectivity index (χ0) is 22.2. The largest absolute Gasteiger partial charge is 0.434 e. The molecule has 6 nitrogen and oxygen atoms in total. The molecule has 0 spiro atoms. The number of alkyl halides is 3. The molecule has 11 heteroatoms. The highest BCUT2D eigenvalue weighted by atomic mass is 19.4. The summed E-state index contributed by atoms with van der Waals surface area (Å²) in [5.41, 5.74) is -2.15. The van der Waals surface area contributed by atoms with Crippen molar-refractivity contribution in [2.75, 3.05) is 5.32 Å². The number of amides is 1. The van der Waals surface area contributed by atoms with Crippen LogP contribution < -0.4 is 5.32 Å². The minimum absolute atomic E-state index is 0.0546. The zero-order valence-corrected chi connectivity index (χ0v) is 15.4. The molecule has 1 amide bonds. The third kappa shape index (κ3) is 4.02. The van der Waals surface area contributed by atoms with E-state index >= 15 is 0 Å². The van der Waals surface area contributed by atoms with Crippen LogP contribution in [-0.4, -0.2) is 25.5 Å². The molecule has 2 aromatic carbocycles. The Morgan fingerprint density at radius 2 is 1.74 bits per heavy atom. The summed E-state index contributed by atoms with van der Waals surface area (Å²) >= 11 is 0. The quantitative estimate of drug-likeness (QED) is 0.478. The normalized spacial score (nSPS) is 11.5. The Kier molecular flexibility index (Phi) is 5.01. The molecule has 0 aliphatic rings. The maximum Gasteiger partial charge on any atom is 0.434 e. The molecule has 0 saturated carbocycles. The van der Waals surface area contributed by atoms with E-state index in [9.17, 15) is 26.7 Å². The van der Waals surface area contributed by atoms with Gasteiger partial charge in [-0.15, -0.1) is 0 Å². The second kappa shape index (κ2) is 7.67. The number of nitrogens with one attached hydrogen (secondary N) is 1. The summed E-state index contributed by atoms with van der Waals surface area (Å²) < 4.78 is 70.3. The Bertz CT molecular complexity index is 1230. The van der Waals surface area contributed by atoms with E-state index in [1.807, 2.05) is 0 Å². The molecule has 0 fully saturated rings. The van der Waals surface area contributed by atoms with Crippen molar-refractivity contribution >= 4 is 11.6 Å². The van der Waals surface area contributed by atoms with Gasteiger partial charge in [0.2, 0.25) is 0 Å². The van der Waals surface area contributed by atoms with Crippen LogP contribution in [0.2, 0.25) is 0 Å². The number of nitrogens with zero attached hydrogens (tertiary/aromatic N) is 4. The van der Waals surface area contributed by atoms with Crippen LogP contribution in [0.4, 0.5) is 27.6 Å². The fourth-order valence-corrected chi connectivity index (χ4v) is 2.95. The highest BCUT2D eigenvalue weighted by molar-refractivity contribution is 6.05. The summed E-state index contributed by atoms with van der Waals surface area (Å²) in [6.07, 6.45) is -1.23. The van der Waals surface area contributed by atoms with Crippen molar-refractivity contribution in [1.82, 2.24) is 19.6 Å². The number of hydrogen-bond donors (Lipinski definition) is 1. The van der Waals surface area contributed by atoms with Crippen LogP contribution in [-0.2, 0) is 6.18 Å². The van der Waals surface area contributed by atoms with Gasteiger partial charge in [0, 0.05) is 18.1 Å². The topological polar surface area (TPSA) is 64.7 Å². The van der Waals surface area contributed by atoms with Crippen LogP contribution in [0.5, 0.6) is 0 Å². The van der Waals surface area contributed by atoms with Crippen LogP contribution in [0.3, 0.4) is 0 Å². The van der Waals surface area contributed by atoms with Crippen molar-refractivity contribution in [2.45, 2.75) is 6.18 Å². The molecule has 0 saturated heterocycles. The van der Waals surface area contributed by atoms with Crippen LogP contribution in [0.15, 0.2) is 67.1 Å². The molecule has 158 valence electrons. The molecule has 2 heterocycles. The monoisotopic (exact) mass is 433 g/mol. The summed E-state index contributed by atoms with van der Waals surface area (Å²) in [6.45, 7) is 0. The standard InChI is InChI=1S/C20H12F5N5O/c21-12-2-5-14(6-3-12)30-18(20(23,24)25)15(11-27-30)19(31)28-13-4-7-17(16(22)10-13)29-9-1-8-26-29/h1-11H,(H,28,31). The van der Waals surface area contributed by atoms with E-state index in [2.05, 4.69) is 15.5 Å². The van der Waals surface area contributed by atoms with E-state index in [0.29, 0.717) is 4.68 Å². The smallest absolute Gasteiger partial charge is 0.322 e. The van der Waals surface area contributed by atoms with Gasteiger partial charge in [-0.1, -0.05) is 0 Å². The number of aromatic nitrogens is 4. The molecule has 31 heavy (non-hydrogen) atoms. The molecule has 0 aliphatic heterocycles. The van der Waals surface area contributed by atoms with Crippen LogP contribution in [0.25, 0.3) is 11.4 Å². The molecule has 0 unspecified atom stereocenters. The van der Waals surface area contributed by atoms with E-state index in [1.165, 1.54) is 29.2 Å². The number of rotatable bonds is 4. The first kappa shape index (κ1) is 20.3. The lowest BCUT2D eigenvalue weighted by Crippen LogP contribution is -2.20. The van der Waals surface area contributed by atoms with Gasteiger partial charge in [-0.2, -0.15) is 23.4 Å². The van der Waals surface area contributed by atoms with Gasteiger partial charge in [0.1, 0.15) is 11.5 Å². The van der Waals surface area contributed by atoms with Crippen LogP contribution in [0.1, 0.15) is 16.1 Å². The third-order valence-corrected chi connectivity index (χ3v) is 4.31. The van der Waals surface area contributed by atoms with Gasteiger partial charge in [0.15, 0.2) is 11.5 Å². The number of carbonyl (C=O) groups excluding carboxylic acids is 1. The lowest BCUT2D eigenvalue weighted by atomic mass is 10.2. The van der Waals surface area contributed by atoms with E-state index < -0.39 is 35.0 Å². The minimum Gasteiger partial charge on any atom is -0.322 e. The first-order chi connectivity index (χ1) is 14.7. The Morgan fingerprint density at radius 1 is 1.00 bits per heavy atom. The van der Waals surface area contributed by atoms with Crippen molar-refractivity contribution in [3.05, 3.63) is 90.0 Å². The van der Waals surface area contributed by atoms with Crippen molar-refractivity contribution in [1.29, 1.82) is 0 Å². The molecule has 1 N–H and O–H groups in total. The second-order valence-corrected chi connectivity index (χ2v) is 6.36. The lowest BCUT2D eigenvalue weighted by molar-refractivity contribution is -0.143. The summed E-state index contributed by atoms with van der Waals surface area (Å²) in [5.74, 6) is -2.51. The van der Waals surface area contributed by atoms with E-state index in [1.54, 1.807) is 6.07 Å². The number of carbonyl (C=O) groups is 1. The van der Waals surface area contributed by atoms with Gasteiger partial charge < -0.3 is 5.32 Å². The van der Waals surface area contributed by atoms with Gasteiger partial charge in [0.25, 0.3) is 5.91 Å². The molecular weight excluding hydrogens is 421 g/mol. The van der Waals surface area contributed by atoms with Crippen LogP contribution in [0, 0.1) is 11.6 Å². The van der Waals surface area contributed by atoms with Crippen molar-refractivity contribution in [2.24, 2.45) is 0 Å².